The first-order chi connectivity index (χ1) is 14.8. The standard InChI is InChI=1S/C23H22N2O6.Na/c1-12(26)19-18-11-17(20(23(29)30)25(18)22(19)28)13-4-3-5-14(10-13)21(27)24-15-6-8-16(31-2)9-7-15;/h3-10,12,18-19,26H,11H2,1-2H3,(H,24,27)(H,29,30);/q;+1/p-1. The van der Waals surface area contributed by atoms with E-state index in [0.29, 0.717) is 28.1 Å². The molecule has 8 nitrogen and oxygen atoms in total. The molecule has 2 amide bonds. The quantitative estimate of drug-likeness (QED) is 0.394. The first-order valence-electron chi connectivity index (χ1n) is 9.83. The van der Waals surface area contributed by atoms with Crippen LogP contribution in [-0.4, -0.2) is 47.0 Å². The van der Waals surface area contributed by atoms with Gasteiger partial charge in [0, 0.05) is 11.3 Å². The number of hydrogen-bond donors (Lipinski definition) is 2. The summed E-state index contributed by atoms with van der Waals surface area (Å²) in [5, 5.41) is 24.4. The summed E-state index contributed by atoms with van der Waals surface area (Å²) in [5.41, 5.74) is 1.67. The molecule has 32 heavy (non-hydrogen) atoms. The summed E-state index contributed by atoms with van der Waals surface area (Å²) in [5.74, 6) is -2.22. The van der Waals surface area contributed by atoms with E-state index >= 15 is 0 Å². The zero-order valence-corrected chi connectivity index (χ0v) is 20.0. The predicted octanol–water partition coefficient (Wildman–Crippen LogP) is -1.98. The van der Waals surface area contributed by atoms with Gasteiger partial charge in [-0.3, -0.25) is 9.59 Å². The van der Waals surface area contributed by atoms with E-state index in [0.717, 1.165) is 0 Å². The van der Waals surface area contributed by atoms with Gasteiger partial charge in [-0.15, -0.1) is 0 Å². The Morgan fingerprint density at radius 3 is 2.50 bits per heavy atom. The number of carboxylic acids is 1. The summed E-state index contributed by atoms with van der Waals surface area (Å²) < 4.78 is 5.10. The molecule has 0 radical (unpaired) electrons. The molecule has 2 aliphatic rings. The van der Waals surface area contributed by atoms with Crippen molar-refractivity contribution in [1.29, 1.82) is 0 Å². The Hall–Kier alpha value is -2.65. The molecular weight excluding hydrogens is 423 g/mol. The van der Waals surface area contributed by atoms with Crippen molar-refractivity contribution >= 4 is 29.0 Å². The molecule has 0 spiro atoms. The number of aliphatic carboxylic acids is 1. The van der Waals surface area contributed by atoms with Gasteiger partial charge in [0.15, 0.2) is 0 Å². The minimum atomic E-state index is -1.46. The first kappa shape index (κ1) is 24.0. The second-order valence-electron chi connectivity index (χ2n) is 7.62. The molecule has 3 atom stereocenters. The molecule has 0 aliphatic carbocycles. The van der Waals surface area contributed by atoms with Crippen molar-refractivity contribution in [2.24, 2.45) is 5.92 Å². The molecule has 0 aromatic heterocycles. The minimum absolute atomic E-state index is 0. The average Bonchev–Trinajstić information content (AvgIpc) is 3.09. The number of nitrogens with one attached hydrogen (secondary N) is 1. The summed E-state index contributed by atoms with van der Waals surface area (Å²) in [4.78, 5) is 38.1. The zero-order valence-electron chi connectivity index (χ0n) is 18.0. The molecule has 1 saturated heterocycles. The number of amides is 2. The predicted molar refractivity (Wildman–Crippen MR) is 110 cm³/mol. The third-order valence-electron chi connectivity index (χ3n) is 5.74. The number of aliphatic hydroxyl groups excluding tert-OH is 1. The molecule has 2 aliphatic heterocycles. The summed E-state index contributed by atoms with van der Waals surface area (Å²) in [6, 6.07) is 13.0. The van der Waals surface area contributed by atoms with Crippen LogP contribution in [0.2, 0.25) is 0 Å². The zero-order chi connectivity index (χ0) is 22.3. The fraction of sp³-hybridized carbons (Fsp3) is 0.261. The second-order valence-corrected chi connectivity index (χ2v) is 7.62. The van der Waals surface area contributed by atoms with Crippen LogP contribution in [0.1, 0.15) is 29.3 Å². The van der Waals surface area contributed by atoms with Gasteiger partial charge in [-0.2, -0.15) is 0 Å². The van der Waals surface area contributed by atoms with Crippen LogP contribution in [0, 0.1) is 5.92 Å². The van der Waals surface area contributed by atoms with Crippen LogP contribution in [0.3, 0.4) is 0 Å². The number of carboxylic acid groups (broad SMARTS) is 1. The van der Waals surface area contributed by atoms with E-state index in [4.69, 9.17) is 4.74 Å². The Morgan fingerprint density at radius 1 is 1.22 bits per heavy atom. The molecule has 2 heterocycles. The van der Waals surface area contributed by atoms with Gasteiger partial charge in [0.1, 0.15) is 5.75 Å². The number of methoxy groups -OCH3 is 1. The van der Waals surface area contributed by atoms with Gasteiger partial charge in [0.25, 0.3) is 5.91 Å². The van der Waals surface area contributed by atoms with Crippen LogP contribution in [-0.2, 0) is 9.59 Å². The first-order valence-corrected chi connectivity index (χ1v) is 9.83. The number of β-lactam (4-membered cyclic amide) rings is 1. The molecule has 160 valence electrons. The smallest absolute Gasteiger partial charge is 0.543 e. The fourth-order valence-corrected chi connectivity index (χ4v) is 4.24. The number of anilines is 1. The third-order valence-corrected chi connectivity index (χ3v) is 5.74. The number of rotatable bonds is 6. The molecule has 2 aromatic carbocycles. The maximum atomic E-state index is 12.7. The topological polar surface area (TPSA) is 119 Å². The van der Waals surface area contributed by atoms with Gasteiger partial charge in [-0.1, -0.05) is 12.1 Å². The number of ether oxygens (including phenoxy) is 1. The molecular formula is C23H21N2NaO6. The summed E-state index contributed by atoms with van der Waals surface area (Å²) in [7, 11) is 1.55. The van der Waals surface area contributed by atoms with Gasteiger partial charge in [-0.25, -0.2) is 0 Å². The second kappa shape index (κ2) is 9.46. The Morgan fingerprint density at radius 2 is 1.91 bits per heavy atom. The number of hydrogen-bond acceptors (Lipinski definition) is 6. The van der Waals surface area contributed by atoms with Crippen LogP contribution in [0.25, 0.3) is 5.57 Å². The molecule has 2 N–H and O–H groups in total. The van der Waals surface area contributed by atoms with Crippen LogP contribution in [0.4, 0.5) is 5.69 Å². The van der Waals surface area contributed by atoms with Crippen molar-refractivity contribution in [3.8, 4) is 5.75 Å². The SMILES string of the molecule is COc1ccc(NC(=O)c2cccc(C3=C(C(=O)[O-])N4C(=O)C(C(C)O)C4C3)c2)cc1.[Na+]. The van der Waals surface area contributed by atoms with E-state index in [1.807, 2.05) is 0 Å². The Labute approximate surface area is 207 Å². The molecule has 4 rings (SSSR count). The van der Waals surface area contributed by atoms with Gasteiger partial charge in [0.2, 0.25) is 5.91 Å². The summed E-state index contributed by atoms with van der Waals surface area (Å²) in [6.07, 6.45) is -0.605. The maximum absolute atomic E-state index is 12.7. The maximum Gasteiger partial charge on any atom is 1.00 e. The van der Waals surface area contributed by atoms with Crippen LogP contribution in [0.5, 0.6) is 5.75 Å². The van der Waals surface area contributed by atoms with Gasteiger partial charge < -0.3 is 30.0 Å². The van der Waals surface area contributed by atoms with E-state index in [9.17, 15) is 24.6 Å². The van der Waals surface area contributed by atoms with E-state index in [1.54, 1.807) is 55.6 Å². The minimum Gasteiger partial charge on any atom is -0.543 e. The van der Waals surface area contributed by atoms with Crippen molar-refractivity contribution in [3.05, 3.63) is 65.4 Å². The van der Waals surface area contributed by atoms with Crippen molar-refractivity contribution < 1.29 is 58.9 Å². The van der Waals surface area contributed by atoms with Gasteiger partial charge >= 0.3 is 29.6 Å². The molecule has 2 aromatic rings. The Kier molecular flexibility index (Phi) is 7.09. The van der Waals surface area contributed by atoms with Gasteiger partial charge in [-0.05, 0) is 60.9 Å². The number of fused-ring (bicyclic) bond motifs is 1. The number of carbonyl (C=O) groups is 3. The number of benzene rings is 2. The number of carbonyl (C=O) groups excluding carboxylic acids is 3. The number of aliphatic hydroxyl groups is 1. The van der Waals surface area contributed by atoms with Crippen LogP contribution in [0.15, 0.2) is 54.2 Å². The monoisotopic (exact) mass is 444 g/mol. The van der Waals surface area contributed by atoms with Crippen molar-refractivity contribution in [3.63, 3.8) is 0 Å². The van der Waals surface area contributed by atoms with Crippen molar-refractivity contribution in [2.45, 2.75) is 25.5 Å². The van der Waals surface area contributed by atoms with E-state index in [1.165, 1.54) is 11.8 Å². The van der Waals surface area contributed by atoms with E-state index < -0.39 is 29.9 Å². The van der Waals surface area contributed by atoms with Crippen LogP contribution < -0.4 is 44.7 Å². The van der Waals surface area contributed by atoms with Gasteiger partial charge in [0.05, 0.1) is 36.8 Å². The molecule has 9 heteroatoms. The molecule has 3 unspecified atom stereocenters. The largest absolute Gasteiger partial charge is 1.00 e. The average molecular weight is 444 g/mol. The molecule has 0 saturated carbocycles. The Bertz CT molecular complexity index is 1100. The van der Waals surface area contributed by atoms with E-state index in [2.05, 4.69) is 5.32 Å². The molecule has 0 bridgehead atoms. The Balaban J connectivity index is 0.00000289. The van der Waals surface area contributed by atoms with E-state index in [-0.39, 0.29) is 47.6 Å². The van der Waals surface area contributed by atoms with Crippen molar-refractivity contribution in [1.82, 2.24) is 4.90 Å². The normalized spacial score (nSPS) is 20.1. The summed E-state index contributed by atoms with van der Waals surface area (Å²) >= 11 is 0. The third kappa shape index (κ3) is 4.19. The fourth-order valence-electron chi connectivity index (χ4n) is 4.24. The molecule has 1 fully saturated rings. The van der Waals surface area contributed by atoms with Crippen molar-refractivity contribution in [2.75, 3.05) is 12.4 Å². The number of nitrogens with zero attached hydrogens (tertiary/aromatic N) is 1. The van der Waals surface area contributed by atoms with Crippen LogP contribution >= 0.6 is 0 Å². The summed E-state index contributed by atoms with van der Waals surface area (Å²) in [6.45, 7) is 1.51.